The van der Waals surface area contributed by atoms with Crippen molar-refractivity contribution in [2.45, 2.75) is 19.4 Å². The van der Waals surface area contributed by atoms with Gasteiger partial charge in [-0.2, -0.15) is 0 Å². The lowest BCUT2D eigenvalue weighted by molar-refractivity contribution is -0.141. The number of rotatable bonds is 4. The number of carboxylic acids is 1. The number of likely N-dealkylation sites (tertiary alicyclic amines) is 1. The van der Waals surface area contributed by atoms with Crippen LogP contribution in [0, 0.1) is 5.92 Å². The first-order valence-corrected chi connectivity index (χ1v) is 6.74. The number of halogens is 1. The summed E-state index contributed by atoms with van der Waals surface area (Å²) in [5.41, 5.74) is 2.14. The molecule has 0 bridgehead atoms. The number of nitrogens with zero attached hydrogens (tertiary/aromatic N) is 1. The maximum absolute atomic E-state index is 11.5. The van der Waals surface area contributed by atoms with Gasteiger partial charge in [0.1, 0.15) is 0 Å². The zero-order valence-corrected chi connectivity index (χ0v) is 13.0. The molecule has 0 saturated carbocycles. The molecule has 2 atom stereocenters. The van der Waals surface area contributed by atoms with Crippen molar-refractivity contribution in [1.82, 2.24) is 10.2 Å². The largest absolute Gasteiger partial charge is 0.481 e. The second kappa shape index (κ2) is 7.43. The Kier molecular flexibility index (Phi) is 6.18. The summed E-state index contributed by atoms with van der Waals surface area (Å²) in [4.78, 5) is 24.4. The fourth-order valence-corrected chi connectivity index (χ4v) is 2.74. The zero-order chi connectivity index (χ0) is 14.7. The van der Waals surface area contributed by atoms with E-state index in [4.69, 9.17) is 0 Å². The van der Waals surface area contributed by atoms with Crippen molar-refractivity contribution < 1.29 is 14.7 Å². The summed E-state index contributed by atoms with van der Waals surface area (Å²) < 4.78 is 0. The van der Waals surface area contributed by atoms with Crippen LogP contribution in [0.1, 0.15) is 24.0 Å². The highest BCUT2D eigenvalue weighted by molar-refractivity contribution is 5.85. The Morgan fingerprint density at radius 3 is 2.38 bits per heavy atom. The predicted molar refractivity (Wildman–Crippen MR) is 82.6 cm³/mol. The maximum Gasteiger partial charge on any atom is 0.308 e. The summed E-state index contributed by atoms with van der Waals surface area (Å²) in [5.74, 6) is -1.54. The number of hydrogen-bond acceptors (Lipinski definition) is 3. The predicted octanol–water partition coefficient (Wildman–Crippen LogP) is 1.47. The molecule has 1 fully saturated rings. The van der Waals surface area contributed by atoms with Crippen molar-refractivity contribution in [2.75, 3.05) is 20.1 Å². The molecule has 0 spiro atoms. The molecule has 6 heteroatoms. The molecule has 2 N–H and O–H groups in total. The van der Waals surface area contributed by atoms with Gasteiger partial charge in [0.25, 0.3) is 0 Å². The van der Waals surface area contributed by atoms with Crippen molar-refractivity contribution in [2.24, 2.45) is 5.92 Å². The molecule has 0 unspecified atom stereocenters. The summed E-state index contributed by atoms with van der Waals surface area (Å²) in [6, 6.07) is 7.94. The van der Waals surface area contributed by atoms with Crippen LogP contribution in [0.3, 0.4) is 0 Å². The number of aliphatic carboxylic acids is 1. The van der Waals surface area contributed by atoms with Crippen LogP contribution in [0.2, 0.25) is 0 Å². The SMILES string of the molecule is CNCc1ccc([C@@H]2CN(C(C)=O)C[C@H]2C(=O)O)cc1.Cl. The summed E-state index contributed by atoms with van der Waals surface area (Å²) in [6.07, 6.45) is 0. The van der Waals surface area contributed by atoms with Gasteiger partial charge in [-0.15, -0.1) is 12.4 Å². The molecule has 1 aromatic rings. The molecule has 116 valence electrons. The standard InChI is InChI=1S/C15H20N2O3.ClH/c1-10(18)17-8-13(14(9-17)15(19)20)12-5-3-11(4-6-12)7-16-2;/h3-6,13-14,16H,7-9H2,1-2H3,(H,19,20);1H/t13-,14+;/m0./s1. The number of carboxylic acid groups (broad SMARTS) is 1. The number of hydrogen-bond donors (Lipinski definition) is 2. The van der Waals surface area contributed by atoms with Crippen LogP contribution in [0.4, 0.5) is 0 Å². The second-order valence-corrected chi connectivity index (χ2v) is 5.25. The van der Waals surface area contributed by atoms with E-state index >= 15 is 0 Å². The third kappa shape index (κ3) is 3.95. The Morgan fingerprint density at radius 1 is 1.29 bits per heavy atom. The van der Waals surface area contributed by atoms with E-state index in [1.165, 1.54) is 6.92 Å². The molecular formula is C15H21ClN2O3. The van der Waals surface area contributed by atoms with Gasteiger partial charge in [0, 0.05) is 32.5 Å². The van der Waals surface area contributed by atoms with Crippen LogP contribution in [-0.4, -0.2) is 42.0 Å². The van der Waals surface area contributed by atoms with E-state index < -0.39 is 11.9 Å². The van der Waals surface area contributed by atoms with Crippen LogP contribution in [0.5, 0.6) is 0 Å². The van der Waals surface area contributed by atoms with E-state index in [-0.39, 0.29) is 24.2 Å². The quantitative estimate of drug-likeness (QED) is 0.883. The van der Waals surface area contributed by atoms with Crippen LogP contribution in [0.15, 0.2) is 24.3 Å². The van der Waals surface area contributed by atoms with Crippen molar-refractivity contribution in [3.63, 3.8) is 0 Å². The molecule has 1 saturated heterocycles. The summed E-state index contributed by atoms with van der Waals surface area (Å²) in [5, 5.41) is 12.4. The fraction of sp³-hybridized carbons (Fsp3) is 0.467. The van der Waals surface area contributed by atoms with Gasteiger partial charge in [0.2, 0.25) is 5.91 Å². The van der Waals surface area contributed by atoms with E-state index in [1.54, 1.807) is 4.90 Å². The monoisotopic (exact) mass is 312 g/mol. The van der Waals surface area contributed by atoms with Gasteiger partial charge in [-0.3, -0.25) is 9.59 Å². The van der Waals surface area contributed by atoms with Gasteiger partial charge in [-0.05, 0) is 18.2 Å². The number of amides is 1. The first-order valence-electron chi connectivity index (χ1n) is 6.74. The molecule has 0 aromatic heterocycles. The molecule has 1 aromatic carbocycles. The molecule has 0 aliphatic carbocycles. The van der Waals surface area contributed by atoms with Gasteiger partial charge in [0.05, 0.1) is 5.92 Å². The Hall–Kier alpha value is -1.59. The van der Waals surface area contributed by atoms with E-state index in [9.17, 15) is 14.7 Å². The molecule has 1 heterocycles. The van der Waals surface area contributed by atoms with Gasteiger partial charge in [0.15, 0.2) is 0 Å². The van der Waals surface area contributed by atoms with Crippen LogP contribution >= 0.6 is 12.4 Å². The Morgan fingerprint density at radius 2 is 1.90 bits per heavy atom. The lowest BCUT2D eigenvalue weighted by Gasteiger charge is -2.15. The zero-order valence-electron chi connectivity index (χ0n) is 12.2. The number of carbonyl (C=O) groups excluding carboxylic acids is 1. The molecule has 0 radical (unpaired) electrons. The van der Waals surface area contributed by atoms with Crippen LogP contribution in [-0.2, 0) is 16.1 Å². The molecule has 2 rings (SSSR count). The lowest BCUT2D eigenvalue weighted by atomic mass is 9.88. The number of nitrogens with one attached hydrogen (secondary N) is 1. The highest BCUT2D eigenvalue weighted by Gasteiger charge is 2.39. The minimum absolute atomic E-state index is 0. The minimum Gasteiger partial charge on any atom is -0.481 e. The van der Waals surface area contributed by atoms with E-state index in [0.29, 0.717) is 13.1 Å². The molecular weight excluding hydrogens is 292 g/mol. The molecule has 1 amide bonds. The van der Waals surface area contributed by atoms with Crippen molar-refractivity contribution in [3.05, 3.63) is 35.4 Å². The smallest absolute Gasteiger partial charge is 0.308 e. The van der Waals surface area contributed by atoms with E-state index in [0.717, 1.165) is 17.7 Å². The third-order valence-electron chi connectivity index (χ3n) is 3.87. The lowest BCUT2D eigenvalue weighted by Crippen LogP contribution is -2.27. The van der Waals surface area contributed by atoms with Crippen molar-refractivity contribution in [3.8, 4) is 0 Å². The topological polar surface area (TPSA) is 69.6 Å². The minimum atomic E-state index is -0.835. The Bertz CT molecular complexity index is 504. The average Bonchev–Trinajstić information content (AvgIpc) is 2.85. The third-order valence-corrected chi connectivity index (χ3v) is 3.87. The van der Waals surface area contributed by atoms with E-state index in [2.05, 4.69) is 5.32 Å². The molecule has 1 aliphatic heterocycles. The van der Waals surface area contributed by atoms with Crippen molar-refractivity contribution in [1.29, 1.82) is 0 Å². The molecule has 21 heavy (non-hydrogen) atoms. The average molecular weight is 313 g/mol. The number of benzene rings is 1. The van der Waals surface area contributed by atoms with E-state index in [1.807, 2.05) is 31.3 Å². The summed E-state index contributed by atoms with van der Waals surface area (Å²) in [7, 11) is 1.88. The van der Waals surface area contributed by atoms with Crippen LogP contribution in [0.25, 0.3) is 0 Å². The highest BCUT2D eigenvalue weighted by Crippen LogP contribution is 2.33. The first-order chi connectivity index (χ1) is 9.52. The highest BCUT2D eigenvalue weighted by atomic mass is 35.5. The normalized spacial score (nSPS) is 21.0. The summed E-state index contributed by atoms with van der Waals surface area (Å²) in [6.45, 7) is 3.05. The Labute approximate surface area is 130 Å². The maximum atomic E-state index is 11.5. The fourth-order valence-electron chi connectivity index (χ4n) is 2.74. The second-order valence-electron chi connectivity index (χ2n) is 5.25. The van der Waals surface area contributed by atoms with Gasteiger partial charge in [-0.1, -0.05) is 24.3 Å². The van der Waals surface area contributed by atoms with Gasteiger partial charge < -0.3 is 15.3 Å². The number of carbonyl (C=O) groups is 2. The molecule has 5 nitrogen and oxygen atoms in total. The summed E-state index contributed by atoms with van der Waals surface area (Å²) >= 11 is 0. The Balaban J connectivity index is 0.00000220. The van der Waals surface area contributed by atoms with Gasteiger partial charge in [-0.25, -0.2) is 0 Å². The first kappa shape index (κ1) is 17.5. The van der Waals surface area contributed by atoms with Gasteiger partial charge >= 0.3 is 5.97 Å². The molecule has 1 aliphatic rings. The van der Waals surface area contributed by atoms with Crippen LogP contribution < -0.4 is 5.32 Å². The van der Waals surface area contributed by atoms with Crippen molar-refractivity contribution >= 4 is 24.3 Å².